The van der Waals surface area contributed by atoms with E-state index < -0.39 is 0 Å². The predicted molar refractivity (Wildman–Crippen MR) is 103 cm³/mol. The molecule has 1 aromatic carbocycles. The summed E-state index contributed by atoms with van der Waals surface area (Å²) in [5, 5.41) is 0. The molecule has 3 rings (SSSR count). The maximum Gasteiger partial charge on any atom is 0.161 e. The van der Waals surface area contributed by atoms with Crippen LogP contribution in [-0.4, -0.2) is 57.8 Å². The van der Waals surface area contributed by atoms with Gasteiger partial charge in [0, 0.05) is 12.4 Å². The van der Waals surface area contributed by atoms with E-state index >= 15 is 0 Å². The Morgan fingerprint density at radius 3 is 1.81 bits per heavy atom. The molecule has 0 bridgehead atoms. The highest BCUT2D eigenvalue weighted by molar-refractivity contribution is 5.70. The molecular formula is C21H25NO5. The Morgan fingerprint density at radius 2 is 1.15 bits per heavy atom. The van der Waals surface area contributed by atoms with Crippen LogP contribution in [-0.2, 0) is 14.2 Å². The maximum atomic E-state index is 5.88. The van der Waals surface area contributed by atoms with E-state index in [1.54, 1.807) is 12.4 Å². The summed E-state index contributed by atoms with van der Waals surface area (Å²) < 4.78 is 28.1. The molecule has 0 aliphatic carbocycles. The summed E-state index contributed by atoms with van der Waals surface area (Å²) in [6.07, 6.45) is 7.61. The molecule has 0 fully saturated rings. The van der Waals surface area contributed by atoms with Crippen molar-refractivity contribution in [2.75, 3.05) is 52.9 Å². The smallest absolute Gasteiger partial charge is 0.161 e. The first-order valence-electron chi connectivity index (χ1n) is 9.13. The second kappa shape index (κ2) is 11.3. The number of ether oxygens (including phenoxy) is 5. The van der Waals surface area contributed by atoms with Crippen LogP contribution in [0.3, 0.4) is 0 Å². The van der Waals surface area contributed by atoms with E-state index in [1.807, 2.05) is 42.5 Å². The monoisotopic (exact) mass is 371 g/mol. The molecule has 0 saturated heterocycles. The van der Waals surface area contributed by atoms with Crippen LogP contribution >= 0.6 is 0 Å². The Morgan fingerprint density at radius 1 is 0.593 bits per heavy atom. The number of hydrogen-bond acceptors (Lipinski definition) is 6. The van der Waals surface area contributed by atoms with E-state index in [9.17, 15) is 0 Å². The summed E-state index contributed by atoms with van der Waals surface area (Å²) in [5.74, 6) is 1.40. The minimum absolute atomic E-state index is 0.449. The van der Waals surface area contributed by atoms with Crippen molar-refractivity contribution in [3.05, 3.63) is 53.9 Å². The van der Waals surface area contributed by atoms with Crippen LogP contribution in [0.2, 0.25) is 0 Å². The first kappa shape index (κ1) is 19.4. The van der Waals surface area contributed by atoms with Crippen molar-refractivity contribution in [3.8, 4) is 11.5 Å². The summed E-state index contributed by atoms with van der Waals surface area (Å²) in [4.78, 5) is 4.03. The molecule has 0 amide bonds. The van der Waals surface area contributed by atoms with Gasteiger partial charge in [-0.2, -0.15) is 0 Å². The molecular weight excluding hydrogens is 346 g/mol. The van der Waals surface area contributed by atoms with E-state index in [-0.39, 0.29) is 0 Å². The lowest BCUT2D eigenvalue weighted by atomic mass is 10.1. The first-order valence-corrected chi connectivity index (χ1v) is 9.13. The third-order valence-electron chi connectivity index (χ3n) is 3.86. The zero-order chi connectivity index (χ0) is 18.6. The first-order chi connectivity index (χ1) is 13.4. The number of fused-ring (bicyclic) bond motifs is 1. The third-order valence-corrected chi connectivity index (χ3v) is 3.86. The highest BCUT2D eigenvalue weighted by Crippen LogP contribution is 2.29. The molecule has 0 atom stereocenters. The van der Waals surface area contributed by atoms with Gasteiger partial charge in [0.2, 0.25) is 0 Å². The van der Waals surface area contributed by atoms with Gasteiger partial charge in [-0.3, -0.25) is 4.98 Å². The molecule has 1 aliphatic rings. The Labute approximate surface area is 159 Å². The van der Waals surface area contributed by atoms with Crippen molar-refractivity contribution in [1.29, 1.82) is 0 Å². The molecule has 0 spiro atoms. The summed E-state index contributed by atoms with van der Waals surface area (Å²) in [6.45, 7) is 4.11. The Hall–Kier alpha value is -2.41. The van der Waals surface area contributed by atoms with Gasteiger partial charge in [-0.05, 0) is 35.4 Å². The molecule has 144 valence electrons. The molecule has 27 heavy (non-hydrogen) atoms. The van der Waals surface area contributed by atoms with Crippen molar-refractivity contribution in [1.82, 2.24) is 4.98 Å². The van der Waals surface area contributed by atoms with Crippen LogP contribution < -0.4 is 9.47 Å². The molecule has 6 nitrogen and oxygen atoms in total. The Kier molecular flexibility index (Phi) is 8.12. The fourth-order valence-electron chi connectivity index (χ4n) is 2.49. The van der Waals surface area contributed by atoms with Crippen LogP contribution in [0.5, 0.6) is 11.5 Å². The largest absolute Gasteiger partial charge is 0.487 e. The van der Waals surface area contributed by atoms with Crippen LogP contribution in [0.4, 0.5) is 0 Å². The van der Waals surface area contributed by atoms with Crippen molar-refractivity contribution in [3.63, 3.8) is 0 Å². The van der Waals surface area contributed by atoms with Gasteiger partial charge < -0.3 is 23.7 Å². The fraction of sp³-hybridized carbons (Fsp3) is 0.381. The number of aromatic nitrogens is 1. The minimum atomic E-state index is 0.449. The number of hydrogen-bond donors (Lipinski definition) is 0. The molecule has 1 aromatic heterocycles. The zero-order valence-electron chi connectivity index (χ0n) is 15.3. The van der Waals surface area contributed by atoms with Crippen molar-refractivity contribution < 1.29 is 23.7 Å². The van der Waals surface area contributed by atoms with Crippen molar-refractivity contribution in [2.45, 2.75) is 0 Å². The van der Waals surface area contributed by atoms with E-state index in [4.69, 9.17) is 23.7 Å². The zero-order valence-corrected chi connectivity index (χ0v) is 15.3. The Bertz CT molecular complexity index is 705. The third kappa shape index (κ3) is 7.02. The van der Waals surface area contributed by atoms with Gasteiger partial charge in [-0.15, -0.1) is 0 Å². The van der Waals surface area contributed by atoms with Crippen molar-refractivity contribution >= 4 is 12.2 Å². The summed E-state index contributed by atoms with van der Waals surface area (Å²) in [7, 11) is 0. The SMILES string of the molecule is C(=C\c1ccc2c(c1)OCCOCCOCCOCCO2)/c1ccncc1. The lowest BCUT2D eigenvalue weighted by Crippen LogP contribution is -2.13. The topological polar surface area (TPSA) is 59.0 Å². The number of rotatable bonds is 2. The highest BCUT2D eigenvalue weighted by Gasteiger charge is 2.07. The van der Waals surface area contributed by atoms with Gasteiger partial charge in [0.15, 0.2) is 11.5 Å². The van der Waals surface area contributed by atoms with E-state index in [2.05, 4.69) is 4.98 Å². The van der Waals surface area contributed by atoms with Gasteiger partial charge in [-0.1, -0.05) is 18.2 Å². The fourth-order valence-corrected chi connectivity index (χ4v) is 2.49. The average molecular weight is 371 g/mol. The number of pyridine rings is 1. The van der Waals surface area contributed by atoms with Gasteiger partial charge in [0.25, 0.3) is 0 Å². The van der Waals surface area contributed by atoms with Gasteiger partial charge in [0.1, 0.15) is 13.2 Å². The quantitative estimate of drug-likeness (QED) is 0.809. The van der Waals surface area contributed by atoms with Gasteiger partial charge in [0.05, 0.1) is 39.6 Å². The normalized spacial score (nSPS) is 17.2. The number of benzene rings is 1. The molecule has 2 heterocycles. The van der Waals surface area contributed by atoms with E-state index in [0.717, 1.165) is 11.1 Å². The lowest BCUT2D eigenvalue weighted by Gasteiger charge is -2.13. The average Bonchev–Trinajstić information content (AvgIpc) is 2.72. The molecule has 0 saturated carbocycles. The van der Waals surface area contributed by atoms with Crippen molar-refractivity contribution in [2.24, 2.45) is 0 Å². The molecule has 0 radical (unpaired) electrons. The molecule has 2 aromatic rings. The molecule has 1 aliphatic heterocycles. The Balaban J connectivity index is 1.67. The van der Waals surface area contributed by atoms with Gasteiger partial charge >= 0.3 is 0 Å². The van der Waals surface area contributed by atoms with Gasteiger partial charge in [-0.25, -0.2) is 0 Å². The molecule has 0 N–H and O–H groups in total. The standard InChI is InChI=1S/C21H25NO5/c1(18-5-7-22-8-6-18)2-19-3-4-20-21(17-19)27-16-14-25-12-10-23-9-11-24-13-15-26-20/h1-8,17H,9-16H2/b2-1+. The van der Waals surface area contributed by atoms with Crippen LogP contribution in [0.1, 0.15) is 11.1 Å². The highest BCUT2D eigenvalue weighted by atomic mass is 16.6. The predicted octanol–water partition coefficient (Wildman–Crippen LogP) is 3.07. The van der Waals surface area contributed by atoms with Crippen LogP contribution in [0.15, 0.2) is 42.7 Å². The van der Waals surface area contributed by atoms with E-state index in [1.165, 1.54) is 0 Å². The number of nitrogens with zero attached hydrogens (tertiary/aromatic N) is 1. The minimum Gasteiger partial charge on any atom is -0.487 e. The molecule has 0 unspecified atom stereocenters. The summed E-state index contributed by atoms with van der Waals surface area (Å²) in [6, 6.07) is 9.80. The lowest BCUT2D eigenvalue weighted by molar-refractivity contribution is 0.00708. The second-order valence-electron chi connectivity index (χ2n) is 5.85. The maximum absolute atomic E-state index is 5.88. The van der Waals surface area contributed by atoms with Crippen LogP contribution in [0.25, 0.3) is 12.2 Å². The second-order valence-corrected chi connectivity index (χ2v) is 5.85. The summed E-state index contributed by atoms with van der Waals surface area (Å²) >= 11 is 0. The van der Waals surface area contributed by atoms with Crippen LogP contribution in [0, 0.1) is 0 Å². The summed E-state index contributed by atoms with van der Waals surface area (Å²) in [5.41, 5.74) is 2.11. The molecule has 6 heteroatoms. The van der Waals surface area contributed by atoms with E-state index in [0.29, 0.717) is 64.4 Å².